The molecule has 0 radical (unpaired) electrons. The van der Waals surface area contributed by atoms with Crippen molar-refractivity contribution in [3.63, 3.8) is 0 Å². The van der Waals surface area contributed by atoms with Gasteiger partial charge in [0, 0.05) is 16.4 Å². The van der Waals surface area contributed by atoms with Gasteiger partial charge in [0.1, 0.15) is 5.75 Å². The maximum absolute atomic E-state index is 12.6. The van der Waals surface area contributed by atoms with Crippen LogP contribution in [0.15, 0.2) is 77.7 Å². The lowest BCUT2D eigenvalue weighted by Crippen LogP contribution is -2.32. The van der Waals surface area contributed by atoms with Gasteiger partial charge in [-0.2, -0.15) is 0 Å². The minimum absolute atomic E-state index is 0.0931. The van der Waals surface area contributed by atoms with E-state index < -0.39 is 16.1 Å². The summed E-state index contributed by atoms with van der Waals surface area (Å²) in [5.74, 6) is 0.209. The summed E-state index contributed by atoms with van der Waals surface area (Å²) in [5, 5.41) is 3.33. The van der Waals surface area contributed by atoms with Crippen LogP contribution in [0.3, 0.4) is 0 Å². The standard InChI is InChI=1S/C23H23ClN2O4S/c1-3-22(30-20-12-6-17(24)7-13-20)23(27)25-18-10-14-21(15-11-18)31(28,29)26-19-8-4-16(2)5-9-19/h4-15,22,26H,3H2,1-2H3,(H,25,27)/t22-/m0/s1. The number of rotatable bonds is 8. The molecule has 3 rings (SSSR count). The third kappa shape index (κ3) is 6.23. The van der Waals surface area contributed by atoms with Gasteiger partial charge in [0.15, 0.2) is 6.10 Å². The summed E-state index contributed by atoms with van der Waals surface area (Å²) >= 11 is 5.87. The molecule has 0 bridgehead atoms. The molecule has 0 unspecified atom stereocenters. The lowest BCUT2D eigenvalue weighted by atomic mass is 10.2. The Balaban J connectivity index is 1.65. The molecule has 0 heterocycles. The Hall–Kier alpha value is -3.03. The summed E-state index contributed by atoms with van der Waals surface area (Å²) in [5.41, 5.74) is 1.99. The molecule has 3 aromatic rings. The number of benzene rings is 3. The fourth-order valence-electron chi connectivity index (χ4n) is 2.78. The lowest BCUT2D eigenvalue weighted by Gasteiger charge is -2.17. The van der Waals surface area contributed by atoms with E-state index in [9.17, 15) is 13.2 Å². The monoisotopic (exact) mass is 458 g/mol. The third-order valence-corrected chi connectivity index (χ3v) is 6.14. The van der Waals surface area contributed by atoms with Crippen LogP contribution in [0.2, 0.25) is 5.02 Å². The van der Waals surface area contributed by atoms with E-state index in [1.165, 1.54) is 24.3 Å². The van der Waals surface area contributed by atoms with Gasteiger partial charge in [0.05, 0.1) is 4.90 Å². The number of amides is 1. The minimum Gasteiger partial charge on any atom is -0.481 e. The topological polar surface area (TPSA) is 84.5 Å². The first-order valence-corrected chi connectivity index (χ1v) is 11.6. The molecule has 162 valence electrons. The molecule has 2 N–H and O–H groups in total. The van der Waals surface area contributed by atoms with Crippen molar-refractivity contribution in [3.8, 4) is 5.75 Å². The van der Waals surface area contributed by atoms with E-state index in [0.717, 1.165) is 5.56 Å². The smallest absolute Gasteiger partial charge is 0.265 e. The van der Waals surface area contributed by atoms with Crippen molar-refractivity contribution >= 4 is 38.9 Å². The predicted molar refractivity (Wildman–Crippen MR) is 123 cm³/mol. The van der Waals surface area contributed by atoms with Gasteiger partial charge in [-0.1, -0.05) is 36.2 Å². The van der Waals surface area contributed by atoms with E-state index in [0.29, 0.717) is 28.6 Å². The summed E-state index contributed by atoms with van der Waals surface area (Å²) in [6.07, 6.45) is -0.241. The number of carbonyl (C=O) groups is 1. The minimum atomic E-state index is -3.73. The van der Waals surface area contributed by atoms with Crippen molar-refractivity contribution in [2.24, 2.45) is 0 Å². The molecule has 31 heavy (non-hydrogen) atoms. The van der Waals surface area contributed by atoms with Gasteiger partial charge < -0.3 is 10.1 Å². The second kappa shape index (κ2) is 9.85. The highest BCUT2D eigenvalue weighted by Gasteiger charge is 2.19. The highest BCUT2D eigenvalue weighted by molar-refractivity contribution is 7.92. The highest BCUT2D eigenvalue weighted by Crippen LogP contribution is 2.21. The number of hydrogen-bond acceptors (Lipinski definition) is 4. The zero-order valence-electron chi connectivity index (χ0n) is 17.1. The number of halogens is 1. The molecule has 0 saturated carbocycles. The number of nitrogens with one attached hydrogen (secondary N) is 2. The molecule has 8 heteroatoms. The molecule has 6 nitrogen and oxygen atoms in total. The zero-order chi connectivity index (χ0) is 22.4. The van der Waals surface area contributed by atoms with Gasteiger partial charge in [0.25, 0.3) is 15.9 Å². The Morgan fingerprint density at radius 1 is 0.935 bits per heavy atom. The van der Waals surface area contributed by atoms with Crippen molar-refractivity contribution in [2.45, 2.75) is 31.3 Å². The van der Waals surface area contributed by atoms with Crippen LogP contribution in [0.1, 0.15) is 18.9 Å². The van der Waals surface area contributed by atoms with Crippen LogP contribution >= 0.6 is 11.6 Å². The first kappa shape index (κ1) is 22.7. The maximum atomic E-state index is 12.6. The predicted octanol–water partition coefficient (Wildman–Crippen LogP) is 5.25. The van der Waals surface area contributed by atoms with E-state index >= 15 is 0 Å². The highest BCUT2D eigenvalue weighted by atomic mass is 35.5. The Morgan fingerprint density at radius 2 is 1.52 bits per heavy atom. The van der Waals surface area contributed by atoms with Crippen LogP contribution in [0.4, 0.5) is 11.4 Å². The van der Waals surface area contributed by atoms with Crippen LogP contribution in [0, 0.1) is 6.92 Å². The van der Waals surface area contributed by atoms with Crippen molar-refractivity contribution in [1.29, 1.82) is 0 Å². The Morgan fingerprint density at radius 3 is 2.10 bits per heavy atom. The van der Waals surface area contributed by atoms with Crippen molar-refractivity contribution < 1.29 is 17.9 Å². The summed E-state index contributed by atoms with van der Waals surface area (Å²) in [6.45, 7) is 3.77. The average Bonchev–Trinajstić information content (AvgIpc) is 2.75. The average molecular weight is 459 g/mol. The zero-order valence-corrected chi connectivity index (χ0v) is 18.7. The summed E-state index contributed by atoms with van der Waals surface area (Å²) in [7, 11) is -3.73. The molecule has 3 aromatic carbocycles. The van der Waals surface area contributed by atoms with Crippen LogP contribution in [-0.2, 0) is 14.8 Å². The van der Waals surface area contributed by atoms with E-state index in [1.54, 1.807) is 36.4 Å². The van der Waals surface area contributed by atoms with Crippen molar-refractivity contribution in [1.82, 2.24) is 0 Å². The number of hydrogen-bond donors (Lipinski definition) is 2. The maximum Gasteiger partial charge on any atom is 0.265 e. The Kier molecular flexibility index (Phi) is 7.20. The van der Waals surface area contributed by atoms with Crippen LogP contribution in [0.5, 0.6) is 5.75 Å². The van der Waals surface area contributed by atoms with Gasteiger partial charge in [0.2, 0.25) is 0 Å². The van der Waals surface area contributed by atoms with Crippen molar-refractivity contribution in [2.75, 3.05) is 10.0 Å². The van der Waals surface area contributed by atoms with E-state index in [2.05, 4.69) is 10.0 Å². The van der Waals surface area contributed by atoms with Gasteiger partial charge in [-0.3, -0.25) is 9.52 Å². The summed E-state index contributed by atoms with van der Waals surface area (Å²) in [4.78, 5) is 12.7. The molecular weight excluding hydrogens is 436 g/mol. The van der Waals surface area contributed by atoms with Crippen LogP contribution < -0.4 is 14.8 Å². The van der Waals surface area contributed by atoms with Crippen molar-refractivity contribution in [3.05, 3.63) is 83.4 Å². The molecular formula is C23H23ClN2O4S. The van der Waals surface area contributed by atoms with Gasteiger partial charge in [-0.25, -0.2) is 8.42 Å². The molecule has 1 amide bonds. The SMILES string of the molecule is CC[C@H](Oc1ccc(Cl)cc1)C(=O)Nc1ccc(S(=O)(=O)Nc2ccc(C)cc2)cc1. The fraction of sp³-hybridized carbons (Fsp3) is 0.174. The summed E-state index contributed by atoms with van der Waals surface area (Å²) < 4.78 is 33.4. The number of ether oxygens (including phenoxy) is 1. The van der Waals surface area contributed by atoms with E-state index in [1.807, 2.05) is 26.0 Å². The van der Waals surface area contributed by atoms with E-state index in [-0.39, 0.29) is 10.8 Å². The van der Waals surface area contributed by atoms with E-state index in [4.69, 9.17) is 16.3 Å². The van der Waals surface area contributed by atoms with Gasteiger partial charge in [-0.15, -0.1) is 0 Å². The summed E-state index contributed by atoms with van der Waals surface area (Å²) in [6, 6.07) is 19.8. The molecule has 1 atom stereocenters. The van der Waals surface area contributed by atoms with Crippen LogP contribution in [0.25, 0.3) is 0 Å². The largest absolute Gasteiger partial charge is 0.481 e. The number of carbonyl (C=O) groups excluding carboxylic acids is 1. The number of anilines is 2. The first-order chi connectivity index (χ1) is 14.8. The normalized spacial score (nSPS) is 12.1. The molecule has 0 spiro atoms. The molecule has 0 aliphatic heterocycles. The van der Waals surface area contributed by atoms with Gasteiger partial charge >= 0.3 is 0 Å². The quantitative estimate of drug-likeness (QED) is 0.483. The Labute approximate surface area is 187 Å². The Bertz CT molecular complexity index is 1130. The number of aryl methyl sites for hydroxylation is 1. The molecule has 0 aliphatic rings. The lowest BCUT2D eigenvalue weighted by molar-refractivity contribution is -0.122. The third-order valence-electron chi connectivity index (χ3n) is 4.49. The van der Waals surface area contributed by atoms with Gasteiger partial charge in [-0.05, 0) is 74.0 Å². The second-order valence-electron chi connectivity index (χ2n) is 6.95. The second-order valence-corrected chi connectivity index (χ2v) is 9.07. The fourth-order valence-corrected chi connectivity index (χ4v) is 3.96. The number of sulfonamides is 1. The molecule has 0 fully saturated rings. The van der Waals surface area contributed by atoms with Crippen LogP contribution in [-0.4, -0.2) is 20.4 Å². The molecule has 0 aromatic heterocycles. The molecule has 0 aliphatic carbocycles. The molecule has 0 saturated heterocycles. The first-order valence-electron chi connectivity index (χ1n) is 9.69.